The lowest BCUT2D eigenvalue weighted by molar-refractivity contribution is 0.152. The Labute approximate surface area is 244 Å². The van der Waals surface area contributed by atoms with Crippen molar-refractivity contribution < 1.29 is 28.5 Å². The Morgan fingerprint density at radius 2 is 1.00 bits per heavy atom. The lowest BCUT2D eigenvalue weighted by Gasteiger charge is -2.38. The third-order valence-corrected chi connectivity index (χ3v) is 7.99. The van der Waals surface area contributed by atoms with E-state index in [1.54, 1.807) is 37.6 Å². The molecule has 0 atom stereocenters. The molecule has 0 amide bonds. The molecule has 0 radical (unpaired) electrons. The summed E-state index contributed by atoms with van der Waals surface area (Å²) in [5, 5.41) is -0.358. The monoisotopic (exact) mass is 568 g/mol. The Hall–Kier alpha value is -4.23. The number of carbonyl (C=O) groups excluding carboxylic acids is 2. The summed E-state index contributed by atoms with van der Waals surface area (Å²) in [6, 6.07) is 30.5. The van der Waals surface area contributed by atoms with E-state index in [4.69, 9.17) is 18.9 Å². The molecule has 0 aliphatic heterocycles. The van der Waals surface area contributed by atoms with Gasteiger partial charge in [-0.25, -0.2) is 9.59 Å². The van der Waals surface area contributed by atoms with Gasteiger partial charge in [-0.05, 0) is 102 Å². The largest absolute Gasteiger partial charge is 0.519 e. The zero-order valence-electron chi connectivity index (χ0n) is 23.1. The Morgan fingerprint density at radius 3 is 1.44 bits per heavy atom. The van der Waals surface area contributed by atoms with Gasteiger partial charge in [0.05, 0.1) is 7.11 Å². The summed E-state index contributed by atoms with van der Waals surface area (Å²) >= 11 is 1.02. The minimum absolute atomic E-state index is 0.0648. The number of thioether (sulfide) groups is 1. The van der Waals surface area contributed by atoms with Crippen LogP contribution in [0.25, 0.3) is 11.1 Å². The van der Waals surface area contributed by atoms with E-state index in [0.717, 1.165) is 41.5 Å². The minimum Gasteiger partial charge on any atom is -0.497 e. The molecule has 210 valence electrons. The van der Waals surface area contributed by atoms with Crippen molar-refractivity contribution in [2.24, 2.45) is 0 Å². The summed E-state index contributed by atoms with van der Waals surface area (Å²) in [7, 11) is 1.68. The van der Waals surface area contributed by atoms with E-state index < -0.39 is 6.16 Å². The van der Waals surface area contributed by atoms with Crippen molar-refractivity contribution in [2.75, 3.05) is 13.4 Å². The van der Waals surface area contributed by atoms with E-state index in [2.05, 4.69) is 24.3 Å². The lowest BCUT2D eigenvalue weighted by Crippen LogP contribution is -2.30. The van der Waals surface area contributed by atoms with Crippen molar-refractivity contribution in [3.05, 3.63) is 108 Å². The maximum Gasteiger partial charge on any atom is 0.519 e. The predicted molar refractivity (Wildman–Crippen MR) is 161 cm³/mol. The van der Waals surface area contributed by atoms with Crippen molar-refractivity contribution in [3.8, 4) is 34.1 Å². The fourth-order valence-electron chi connectivity index (χ4n) is 5.43. The van der Waals surface area contributed by atoms with Crippen LogP contribution in [0.15, 0.2) is 97.1 Å². The smallest absolute Gasteiger partial charge is 0.497 e. The number of rotatable bonds is 7. The fourth-order valence-corrected chi connectivity index (χ4v) is 5.61. The Bertz CT molecular complexity index is 1460. The third kappa shape index (κ3) is 6.74. The highest BCUT2D eigenvalue weighted by molar-refractivity contribution is 8.12. The summed E-state index contributed by atoms with van der Waals surface area (Å²) < 4.78 is 21.4. The van der Waals surface area contributed by atoms with Gasteiger partial charge in [-0.3, -0.25) is 0 Å². The van der Waals surface area contributed by atoms with Gasteiger partial charge in [0.15, 0.2) is 0 Å². The molecule has 1 fully saturated rings. The molecule has 1 saturated carbocycles. The molecule has 0 saturated heterocycles. The van der Waals surface area contributed by atoms with Gasteiger partial charge in [0.2, 0.25) is 0 Å². The number of hydrogen-bond acceptors (Lipinski definition) is 7. The molecule has 0 unspecified atom stereocenters. The van der Waals surface area contributed by atoms with Crippen molar-refractivity contribution in [1.29, 1.82) is 0 Å². The Kier molecular flexibility index (Phi) is 8.95. The second kappa shape index (κ2) is 13.0. The number of ether oxygens (including phenoxy) is 4. The predicted octanol–water partition coefficient (Wildman–Crippen LogP) is 9.05. The van der Waals surface area contributed by atoms with E-state index in [1.807, 2.05) is 48.5 Å². The van der Waals surface area contributed by atoms with Gasteiger partial charge in [0.1, 0.15) is 23.0 Å². The third-order valence-electron chi connectivity index (χ3n) is 7.57. The highest BCUT2D eigenvalue weighted by Crippen LogP contribution is 2.45. The van der Waals surface area contributed by atoms with Crippen LogP contribution in [-0.2, 0) is 5.41 Å². The van der Waals surface area contributed by atoms with Crippen LogP contribution < -0.4 is 18.9 Å². The molecule has 6 nitrogen and oxygen atoms in total. The molecule has 4 aromatic carbocycles. The molecular weight excluding hydrogens is 536 g/mol. The number of methoxy groups -OCH3 is 1. The second-order valence-electron chi connectivity index (χ2n) is 9.95. The van der Waals surface area contributed by atoms with Gasteiger partial charge in [0.25, 0.3) is 0 Å². The van der Waals surface area contributed by atoms with Crippen molar-refractivity contribution in [2.45, 2.75) is 37.5 Å². The molecule has 0 spiro atoms. The summed E-state index contributed by atoms with van der Waals surface area (Å²) in [5.41, 5.74) is 4.30. The quantitative estimate of drug-likeness (QED) is 0.163. The van der Waals surface area contributed by atoms with Crippen molar-refractivity contribution in [1.82, 2.24) is 0 Å². The minimum atomic E-state index is -0.798. The molecule has 5 rings (SSSR count). The molecule has 1 aliphatic carbocycles. The summed E-state index contributed by atoms with van der Waals surface area (Å²) in [5.74, 6) is 2.14. The second-order valence-corrected chi connectivity index (χ2v) is 10.7. The zero-order chi connectivity index (χ0) is 28.7. The van der Waals surface area contributed by atoms with E-state index in [1.165, 1.54) is 30.4 Å². The van der Waals surface area contributed by atoms with Crippen LogP contribution in [0.5, 0.6) is 23.0 Å². The molecule has 0 bridgehead atoms. The number of hydrogen-bond donors (Lipinski definition) is 0. The number of benzene rings is 4. The SMILES string of the molecule is COc1ccc(C2(c3ccc(OC(=O)Oc4ccc(-c5ccc(OC(=O)SC)cc5)cc4)cc3)CCCCC2)cc1. The van der Waals surface area contributed by atoms with E-state index in [0.29, 0.717) is 17.2 Å². The van der Waals surface area contributed by atoms with Crippen molar-refractivity contribution in [3.63, 3.8) is 0 Å². The van der Waals surface area contributed by atoms with Gasteiger partial charge in [-0.1, -0.05) is 67.8 Å². The maximum absolute atomic E-state index is 12.5. The highest BCUT2D eigenvalue weighted by Gasteiger charge is 2.35. The average Bonchev–Trinajstić information content (AvgIpc) is 3.02. The normalized spacial score (nSPS) is 14.1. The van der Waals surface area contributed by atoms with Gasteiger partial charge in [-0.15, -0.1) is 0 Å². The first kappa shape index (κ1) is 28.3. The fraction of sp³-hybridized carbons (Fsp3) is 0.235. The van der Waals surface area contributed by atoms with Crippen molar-refractivity contribution >= 4 is 23.2 Å². The molecular formula is C34H32O6S. The van der Waals surface area contributed by atoms with E-state index in [9.17, 15) is 9.59 Å². The van der Waals surface area contributed by atoms with Crippen LogP contribution in [0.3, 0.4) is 0 Å². The zero-order valence-corrected chi connectivity index (χ0v) is 23.9. The highest BCUT2D eigenvalue weighted by atomic mass is 32.2. The summed E-state index contributed by atoms with van der Waals surface area (Å²) in [4.78, 5) is 23.9. The van der Waals surface area contributed by atoms with Crippen LogP contribution >= 0.6 is 11.8 Å². The van der Waals surface area contributed by atoms with Crippen LogP contribution in [0.2, 0.25) is 0 Å². The Morgan fingerprint density at radius 1 is 0.585 bits per heavy atom. The van der Waals surface area contributed by atoms with Gasteiger partial charge in [0, 0.05) is 5.41 Å². The van der Waals surface area contributed by atoms with E-state index in [-0.39, 0.29) is 10.7 Å². The molecule has 1 aliphatic rings. The first-order valence-electron chi connectivity index (χ1n) is 13.6. The summed E-state index contributed by atoms with van der Waals surface area (Å²) in [6.45, 7) is 0. The number of carbonyl (C=O) groups is 2. The molecule has 7 heteroatoms. The first-order valence-corrected chi connectivity index (χ1v) is 14.8. The molecule has 0 aromatic heterocycles. The molecule has 4 aromatic rings. The van der Waals surface area contributed by atoms with Gasteiger partial charge in [-0.2, -0.15) is 0 Å². The first-order chi connectivity index (χ1) is 20.0. The van der Waals surface area contributed by atoms with Gasteiger partial charge < -0.3 is 18.9 Å². The summed E-state index contributed by atoms with van der Waals surface area (Å²) in [6.07, 6.45) is 6.62. The molecule has 0 heterocycles. The Balaban J connectivity index is 1.22. The molecule has 41 heavy (non-hydrogen) atoms. The maximum atomic E-state index is 12.5. The molecule has 0 N–H and O–H groups in total. The topological polar surface area (TPSA) is 71.1 Å². The lowest BCUT2D eigenvalue weighted by atomic mass is 9.65. The van der Waals surface area contributed by atoms with Gasteiger partial charge >= 0.3 is 11.5 Å². The van der Waals surface area contributed by atoms with Crippen LogP contribution in [0, 0.1) is 0 Å². The van der Waals surface area contributed by atoms with Crippen LogP contribution in [-0.4, -0.2) is 24.8 Å². The standard InChI is InChI=1S/C34H32O6S/c1-37-28-18-10-26(11-19-28)34(22-4-3-5-23-34)27-12-20-30(21-13-27)39-32(35)38-29-14-6-24(7-15-29)25-8-16-31(17-9-25)40-33(36)41-2/h6-21H,3-5,22-23H2,1-2H3. The van der Waals surface area contributed by atoms with E-state index >= 15 is 0 Å². The van der Waals surface area contributed by atoms with Crippen LogP contribution in [0.4, 0.5) is 9.59 Å². The van der Waals surface area contributed by atoms with Crippen LogP contribution in [0.1, 0.15) is 43.2 Å². The average molecular weight is 569 g/mol.